The molecule has 4 saturated heterocycles. The van der Waals surface area contributed by atoms with Crippen LogP contribution in [0.2, 0.25) is 0 Å². The number of piperidine rings is 2. The van der Waals surface area contributed by atoms with Crippen molar-refractivity contribution in [1.82, 2.24) is 20.4 Å². The number of halogens is 12. The number of likely N-dealkylation sites (tertiary alicyclic amines) is 2. The number of carbonyl (C=O) groups is 2. The lowest BCUT2D eigenvalue weighted by Gasteiger charge is -2.51. The van der Waals surface area contributed by atoms with Crippen LogP contribution in [0.3, 0.4) is 0 Å². The van der Waals surface area contributed by atoms with Gasteiger partial charge >= 0.3 is 0 Å². The largest absolute Gasteiger partial charge is 0.396 e. The Balaban J connectivity index is 0.000000231. The summed E-state index contributed by atoms with van der Waals surface area (Å²) < 4.78 is 96.3. The fraction of sp³-hybridized carbons (Fsp3) is 0.381. The molecular weight excluding hydrogens is 1420 g/mol. The molecule has 7 N–H and O–H groups in total. The number of nitrogens with one attached hydrogen (secondary N) is 3. The SMILES string of the molecule is I.II.Nc1ccc(I)cc1F.O=C(c1ccc(F)c(F)c1F)N1CC(O)([C@@H]2CCCCN2)C1.O=C(c1ccc(F)c(F)c1Nc1ccc(I)cc1F)N1CC(O)(C2CCCCN2)C1. The number of nitrogens with zero attached hydrogens (tertiary/aromatic N) is 2. The van der Waals surface area contributed by atoms with E-state index in [0.717, 1.165) is 73.4 Å². The third kappa shape index (κ3) is 13.3. The van der Waals surface area contributed by atoms with Gasteiger partial charge in [-0.25, -0.2) is 30.7 Å². The number of hydrogen-bond acceptors (Lipinski definition) is 8. The second kappa shape index (κ2) is 24.6. The summed E-state index contributed by atoms with van der Waals surface area (Å²) in [6.45, 7) is 1.95. The van der Waals surface area contributed by atoms with Crippen molar-refractivity contribution >= 4 is 135 Å². The molecule has 1 unspecified atom stereocenters. The third-order valence-corrected chi connectivity index (χ3v) is 12.4. The molecular formula is C42H44F7I5N6O4. The van der Waals surface area contributed by atoms with E-state index in [1.54, 1.807) is 18.2 Å². The summed E-state index contributed by atoms with van der Waals surface area (Å²) in [5.74, 6) is -9.17. The molecule has 0 spiro atoms. The Kier molecular flexibility index (Phi) is 21.2. The summed E-state index contributed by atoms with van der Waals surface area (Å²) in [5.41, 5.74) is 2.21. The summed E-state index contributed by atoms with van der Waals surface area (Å²) in [6, 6.07) is 12.5. The number of benzene rings is 4. The number of β-amino-alcohol motifs (C(OH)–C–C–N with tert-alkyl or cyclic N) is 2. The Morgan fingerprint density at radius 1 is 0.625 bits per heavy atom. The van der Waals surface area contributed by atoms with Gasteiger partial charge in [-0.05, 0) is 145 Å². The van der Waals surface area contributed by atoms with Crippen LogP contribution in [0.4, 0.5) is 47.8 Å². The van der Waals surface area contributed by atoms with Crippen LogP contribution >= 0.6 is 106 Å². The quantitative estimate of drug-likeness (QED) is 0.0486. The van der Waals surface area contributed by atoms with E-state index in [1.165, 1.54) is 34.1 Å². The molecule has 0 radical (unpaired) electrons. The van der Waals surface area contributed by atoms with Crippen molar-refractivity contribution in [3.8, 4) is 0 Å². The molecule has 4 aliphatic rings. The summed E-state index contributed by atoms with van der Waals surface area (Å²) in [6.07, 6.45) is 5.75. The van der Waals surface area contributed by atoms with Gasteiger partial charge in [0.25, 0.3) is 11.8 Å². The van der Waals surface area contributed by atoms with Crippen molar-refractivity contribution in [3.63, 3.8) is 0 Å². The van der Waals surface area contributed by atoms with Crippen LogP contribution in [0.15, 0.2) is 60.7 Å². The molecule has 350 valence electrons. The highest BCUT2D eigenvalue weighted by atomic mass is 128. The minimum Gasteiger partial charge on any atom is -0.396 e. The monoisotopic (exact) mass is 1460 g/mol. The lowest BCUT2D eigenvalue weighted by Crippen LogP contribution is -2.72. The normalized spacial score (nSPS) is 19.3. The number of rotatable bonds is 6. The zero-order valence-electron chi connectivity index (χ0n) is 33.7. The molecule has 4 aliphatic heterocycles. The molecule has 8 rings (SSSR count). The zero-order valence-corrected chi connectivity index (χ0v) is 44.6. The standard InChI is InChI=1S/C21H21F3IN3O2.C15H17F3N2O2.C6H5FIN.I2.HI/c22-14-6-5-13(19(18(14)24)27-16-7-4-12(25)9-15(16)23)20(29)28-10-21(30,11-28)17-3-1-2-8-26-17;16-10-5-4-9(12(17)13(10)18)14(21)20-7-15(22,8-20)11-3-1-2-6-19-11;7-5-3-4(8)1-2-6(5)9;1-2;/h4-7,9,17,26-27,30H,1-3,8,10-11H2;4-5,11,19,22H,1-3,6-8H2;1-3H,9H2;;1H/t;11-;;;/m.0.../s1. The fourth-order valence-corrected chi connectivity index (χ4v) is 8.59. The van der Waals surface area contributed by atoms with Gasteiger partial charge in [-0.1, -0.05) is 12.8 Å². The maximum absolute atomic E-state index is 14.6. The number of amides is 2. The number of carbonyl (C=O) groups excluding carboxylic acids is 2. The minimum absolute atomic E-state index is 0. The zero-order chi connectivity index (χ0) is 46.2. The van der Waals surface area contributed by atoms with E-state index >= 15 is 0 Å². The first-order valence-corrected chi connectivity index (χ1v) is 28.0. The molecule has 4 aromatic rings. The molecule has 4 aromatic carbocycles. The highest BCUT2D eigenvalue weighted by Crippen LogP contribution is 2.35. The van der Waals surface area contributed by atoms with Gasteiger partial charge in [0.05, 0.1) is 54.4 Å². The molecule has 22 heteroatoms. The highest BCUT2D eigenvalue weighted by Gasteiger charge is 2.51. The van der Waals surface area contributed by atoms with Gasteiger partial charge in [0.1, 0.15) is 22.8 Å². The van der Waals surface area contributed by atoms with Crippen molar-refractivity contribution < 1.29 is 50.5 Å². The van der Waals surface area contributed by atoms with Gasteiger partial charge in [-0.3, -0.25) is 9.59 Å². The first-order valence-electron chi connectivity index (χ1n) is 19.6. The van der Waals surface area contributed by atoms with Crippen LogP contribution in [-0.4, -0.2) is 94.4 Å². The lowest BCUT2D eigenvalue weighted by molar-refractivity contribution is -0.108. The topological polar surface area (TPSA) is 143 Å². The van der Waals surface area contributed by atoms with E-state index in [2.05, 4.69) is 53.2 Å². The van der Waals surface area contributed by atoms with E-state index in [9.17, 15) is 50.5 Å². The summed E-state index contributed by atoms with van der Waals surface area (Å²) >= 11 is 8.20. The Morgan fingerprint density at radius 2 is 1.08 bits per heavy atom. The molecule has 0 aliphatic carbocycles. The van der Waals surface area contributed by atoms with Gasteiger partial charge in [-0.15, -0.1) is 24.0 Å². The van der Waals surface area contributed by atoms with Gasteiger partial charge in [0, 0.05) is 56.5 Å². The van der Waals surface area contributed by atoms with E-state index in [4.69, 9.17) is 5.73 Å². The van der Waals surface area contributed by atoms with Crippen LogP contribution < -0.4 is 21.7 Å². The molecule has 10 nitrogen and oxygen atoms in total. The van der Waals surface area contributed by atoms with Crippen molar-refractivity contribution in [3.05, 3.63) is 120 Å². The molecule has 0 bridgehead atoms. The van der Waals surface area contributed by atoms with Gasteiger partial charge in [0.15, 0.2) is 29.1 Å². The summed E-state index contributed by atoms with van der Waals surface area (Å²) in [7, 11) is 0. The minimum atomic E-state index is -1.66. The van der Waals surface area contributed by atoms with Crippen molar-refractivity contribution in [2.75, 3.05) is 50.3 Å². The Morgan fingerprint density at radius 3 is 1.53 bits per heavy atom. The van der Waals surface area contributed by atoms with Crippen LogP contribution in [-0.2, 0) is 0 Å². The molecule has 64 heavy (non-hydrogen) atoms. The molecule has 2 atom stereocenters. The summed E-state index contributed by atoms with van der Waals surface area (Å²) in [4.78, 5) is 27.8. The third-order valence-electron chi connectivity index (χ3n) is 11.1. The average Bonchev–Trinajstić information content (AvgIpc) is 3.26. The number of hydrogen-bond donors (Lipinski definition) is 6. The maximum Gasteiger partial charge on any atom is 0.257 e. The predicted molar refractivity (Wildman–Crippen MR) is 275 cm³/mol. The molecule has 0 saturated carbocycles. The van der Waals surface area contributed by atoms with Crippen molar-refractivity contribution in [2.45, 2.75) is 61.8 Å². The average molecular weight is 1460 g/mol. The van der Waals surface area contributed by atoms with Gasteiger partial charge in [-0.2, -0.15) is 0 Å². The smallest absolute Gasteiger partial charge is 0.257 e. The molecule has 4 fully saturated rings. The maximum atomic E-state index is 14.6. The van der Waals surface area contributed by atoms with E-state index in [0.29, 0.717) is 3.57 Å². The van der Waals surface area contributed by atoms with E-state index in [1.807, 2.05) is 45.2 Å². The van der Waals surface area contributed by atoms with E-state index < -0.39 is 69.2 Å². The van der Waals surface area contributed by atoms with Crippen LogP contribution in [0.25, 0.3) is 0 Å². The highest BCUT2D eigenvalue weighted by molar-refractivity contribution is 15.0. The van der Waals surface area contributed by atoms with Crippen molar-refractivity contribution in [1.29, 1.82) is 0 Å². The van der Waals surface area contributed by atoms with Gasteiger partial charge < -0.3 is 41.7 Å². The first kappa shape index (κ1) is 55.0. The van der Waals surface area contributed by atoms with Crippen LogP contribution in [0.1, 0.15) is 59.2 Å². The first-order chi connectivity index (χ1) is 29.9. The van der Waals surface area contributed by atoms with Crippen LogP contribution in [0.5, 0.6) is 0 Å². The molecule has 0 aromatic heterocycles. The summed E-state index contributed by atoms with van der Waals surface area (Å²) in [5, 5.41) is 30.3. The Hall–Kier alpha value is -1.58. The van der Waals surface area contributed by atoms with Crippen LogP contribution in [0, 0.1) is 47.9 Å². The van der Waals surface area contributed by atoms with Gasteiger partial charge in [0.2, 0.25) is 0 Å². The molecule has 4 heterocycles. The van der Waals surface area contributed by atoms with Crippen molar-refractivity contribution in [2.24, 2.45) is 0 Å². The van der Waals surface area contributed by atoms with E-state index in [-0.39, 0.29) is 85.0 Å². The number of anilines is 3. The Bertz CT molecular complexity index is 2260. The fourth-order valence-electron chi connectivity index (χ4n) is 7.69. The number of nitrogens with two attached hydrogens (primary N) is 1. The second-order valence-electron chi connectivity index (χ2n) is 15.5. The number of nitrogen functional groups attached to an aromatic ring is 1. The lowest BCUT2D eigenvalue weighted by atomic mass is 9.81. The Labute approximate surface area is 433 Å². The second-order valence-corrected chi connectivity index (χ2v) is 17.9. The molecule has 2 amide bonds. The predicted octanol–water partition coefficient (Wildman–Crippen LogP) is 9.62. The number of aliphatic hydroxyl groups is 2.